The highest BCUT2D eigenvalue weighted by atomic mass is 14.5. The largest absolute Gasteiger partial charge is 0.0714 e. The van der Waals surface area contributed by atoms with Gasteiger partial charge in [-0.05, 0) is 155 Å². The summed E-state index contributed by atoms with van der Waals surface area (Å²) in [6.07, 6.45) is 0. The molecule has 0 saturated heterocycles. The normalized spacial score (nSPS) is 13.0. The van der Waals surface area contributed by atoms with Crippen LogP contribution in [0.1, 0.15) is 22.3 Å². The quantitative estimate of drug-likeness (QED) is 0.155. The monoisotopic (exact) mass is 820 g/mol. The van der Waals surface area contributed by atoms with Gasteiger partial charge in [0, 0.05) is 0 Å². The van der Waals surface area contributed by atoms with Crippen LogP contribution in [0.15, 0.2) is 243 Å². The first kappa shape index (κ1) is 36.2. The SMILES string of the molecule is c1ccc(C2(c3ccccc3)c3cc(-c4cc5c6ccccc6ccc5c5ccccc45)ccc3-c3c2cc(-c2cc4c5ccccc5ccc4c4ccccc24)c2ccccc32)cc1. The summed E-state index contributed by atoms with van der Waals surface area (Å²) in [7, 11) is 0. The van der Waals surface area contributed by atoms with Gasteiger partial charge < -0.3 is 0 Å². The van der Waals surface area contributed by atoms with Gasteiger partial charge in [0.15, 0.2) is 0 Å². The first-order valence-corrected chi connectivity index (χ1v) is 22.7. The molecule has 300 valence electrons. The Bertz CT molecular complexity index is 4060. The number of fused-ring (bicyclic) bond motifs is 15. The number of benzene rings is 13. The van der Waals surface area contributed by atoms with Crippen LogP contribution in [0.2, 0.25) is 0 Å². The maximum Gasteiger partial charge on any atom is 0.0714 e. The van der Waals surface area contributed by atoms with Gasteiger partial charge in [-0.1, -0.05) is 218 Å². The molecule has 13 aromatic rings. The van der Waals surface area contributed by atoms with E-state index in [9.17, 15) is 0 Å². The number of hydrogen-bond acceptors (Lipinski definition) is 0. The topological polar surface area (TPSA) is 0 Å². The minimum atomic E-state index is -0.624. The third-order valence-corrected chi connectivity index (χ3v) is 14.7. The van der Waals surface area contributed by atoms with Gasteiger partial charge >= 0.3 is 0 Å². The predicted octanol–water partition coefficient (Wildman–Crippen LogP) is 17.5. The molecule has 0 aliphatic heterocycles. The molecule has 0 atom stereocenters. The van der Waals surface area contributed by atoms with E-state index in [4.69, 9.17) is 0 Å². The van der Waals surface area contributed by atoms with Crippen molar-refractivity contribution in [2.24, 2.45) is 0 Å². The van der Waals surface area contributed by atoms with E-state index in [0.29, 0.717) is 0 Å². The second kappa shape index (κ2) is 13.8. The molecule has 0 bridgehead atoms. The molecule has 0 amide bonds. The van der Waals surface area contributed by atoms with E-state index in [0.717, 1.165) is 0 Å². The Kier molecular flexibility index (Phi) is 7.71. The van der Waals surface area contributed by atoms with Crippen molar-refractivity contribution in [3.05, 3.63) is 265 Å². The summed E-state index contributed by atoms with van der Waals surface area (Å²) in [6, 6.07) is 91.4. The van der Waals surface area contributed by atoms with Crippen LogP contribution in [0.3, 0.4) is 0 Å². The van der Waals surface area contributed by atoms with E-state index < -0.39 is 5.41 Å². The van der Waals surface area contributed by atoms with Crippen LogP contribution in [-0.4, -0.2) is 0 Å². The number of hydrogen-bond donors (Lipinski definition) is 0. The molecular formula is C65H40. The highest BCUT2D eigenvalue weighted by Crippen LogP contribution is 2.60. The van der Waals surface area contributed by atoms with Crippen molar-refractivity contribution >= 4 is 75.4 Å². The molecule has 0 heterocycles. The lowest BCUT2D eigenvalue weighted by Gasteiger charge is -2.34. The zero-order valence-corrected chi connectivity index (χ0v) is 35.6. The molecule has 0 radical (unpaired) electrons. The van der Waals surface area contributed by atoms with Crippen molar-refractivity contribution in [1.82, 2.24) is 0 Å². The van der Waals surface area contributed by atoms with Gasteiger partial charge in [0.25, 0.3) is 0 Å². The molecular weight excluding hydrogens is 781 g/mol. The Balaban J connectivity index is 1.12. The van der Waals surface area contributed by atoms with Crippen molar-refractivity contribution in [3.63, 3.8) is 0 Å². The fourth-order valence-electron chi connectivity index (χ4n) is 11.9. The summed E-state index contributed by atoms with van der Waals surface area (Å²) in [6.45, 7) is 0. The molecule has 0 fully saturated rings. The summed E-state index contributed by atoms with van der Waals surface area (Å²) in [5, 5.41) is 17.8. The Morgan fingerprint density at radius 1 is 0.215 bits per heavy atom. The first-order chi connectivity index (χ1) is 32.3. The average molecular weight is 821 g/mol. The molecule has 0 aromatic heterocycles. The van der Waals surface area contributed by atoms with Gasteiger partial charge in [-0.3, -0.25) is 0 Å². The Labute approximate surface area is 377 Å². The van der Waals surface area contributed by atoms with Crippen molar-refractivity contribution in [2.45, 2.75) is 5.41 Å². The predicted molar refractivity (Wildman–Crippen MR) is 277 cm³/mol. The lowest BCUT2D eigenvalue weighted by molar-refractivity contribution is 0.769. The maximum absolute atomic E-state index is 2.58. The molecule has 0 spiro atoms. The molecule has 14 rings (SSSR count). The molecule has 1 aliphatic rings. The highest BCUT2D eigenvalue weighted by Gasteiger charge is 2.47. The minimum absolute atomic E-state index is 0.624. The molecule has 0 saturated carbocycles. The summed E-state index contributed by atoms with van der Waals surface area (Å²) in [4.78, 5) is 0. The Morgan fingerprint density at radius 3 is 1.20 bits per heavy atom. The summed E-state index contributed by atoms with van der Waals surface area (Å²) in [5.74, 6) is 0. The third kappa shape index (κ3) is 5.08. The van der Waals surface area contributed by atoms with E-state index in [1.165, 1.54) is 131 Å². The van der Waals surface area contributed by atoms with Crippen LogP contribution in [0.4, 0.5) is 0 Å². The van der Waals surface area contributed by atoms with Crippen molar-refractivity contribution in [2.75, 3.05) is 0 Å². The fraction of sp³-hybridized carbons (Fsp3) is 0.0154. The van der Waals surface area contributed by atoms with Gasteiger partial charge in [-0.2, -0.15) is 0 Å². The molecule has 65 heavy (non-hydrogen) atoms. The van der Waals surface area contributed by atoms with Crippen LogP contribution in [-0.2, 0) is 5.41 Å². The lowest BCUT2D eigenvalue weighted by atomic mass is 9.67. The van der Waals surface area contributed by atoms with Gasteiger partial charge in [0.2, 0.25) is 0 Å². The maximum atomic E-state index is 2.58. The summed E-state index contributed by atoms with van der Waals surface area (Å²) < 4.78 is 0. The number of rotatable bonds is 4. The lowest BCUT2D eigenvalue weighted by Crippen LogP contribution is -2.28. The second-order valence-corrected chi connectivity index (χ2v) is 17.8. The Hall–Kier alpha value is -8.32. The van der Waals surface area contributed by atoms with Gasteiger partial charge in [0.05, 0.1) is 5.41 Å². The molecule has 13 aromatic carbocycles. The van der Waals surface area contributed by atoms with Crippen molar-refractivity contribution in [1.29, 1.82) is 0 Å². The van der Waals surface area contributed by atoms with E-state index in [2.05, 4.69) is 243 Å². The summed E-state index contributed by atoms with van der Waals surface area (Å²) >= 11 is 0. The smallest absolute Gasteiger partial charge is 0.0622 e. The van der Waals surface area contributed by atoms with E-state index in [1.54, 1.807) is 0 Å². The van der Waals surface area contributed by atoms with Crippen LogP contribution >= 0.6 is 0 Å². The third-order valence-electron chi connectivity index (χ3n) is 14.7. The van der Waals surface area contributed by atoms with Crippen molar-refractivity contribution < 1.29 is 0 Å². The van der Waals surface area contributed by atoms with Gasteiger partial charge in [-0.25, -0.2) is 0 Å². The van der Waals surface area contributed by atoms with Gasteiger partial charge in [-0.15, -0.1) is 0 Å². The first-order valence-electron chi connectivity index (χ1n) is 22.7. The average Bonchev–Trinajstić information content (AvgIpc) is 3.68. The van der Waals surface area contributed by atoms with Gasteiger partial charge in [0.1, 0.15) is 0 Å². The zero-order valence-electron chi connectivity index (χ0n) is 35.6. The second-order valence-electron chi connectivity index (χ2n) is 17.8. The molecule has 1 aliphatic carbocycles. The molecule has 0 heteroatoms. The van der Waals surface area contributed by atoms with Crippen LogP contribution in [0.25, 0.3) is 109 Å². The molecule has 0 N–H and O–H groups in total. The van der Waals surface area contributed by atoms with E-state index in [1.807, 2.05) is 0 Å². The Morgan fingerprint density at radius 2 is 0.631 bits per heavy atom. The van der Waals surface area contributed by atoms with E-state index in [-0.39, 0.29) is 0 Å². The van der Waals surface area contributed by atoms with Crippen LogP contribution in [0.5, 0.6) is 0 Å². The van der Waals surface area contributed by atoms with Crippen LogP contribution in [0, 0.1) is 0 Å². The standard InChI is InChI=1S/C65H40/c1-3-19-44(20-4-1)65(45-21-5-2-6-22-45)62-37-43(57-38-58-46-23-9-7-17-41(46)31-34-53(58)48-25-11-13-27-50(48)57)33-36-56(62)64-55-30-16-15-29-52(55)61(40-63(64)65)60-39-59-47-24-10-8-18-42(47)32-35-54(59)49-26-12-14-28-51(49)60/h1-40H. The molecule has 0 nitrogen and oxygen atoms in total. The van der Waals surface area contributed by atoms with Crippen LogP contribution < -0.4 is 0 Å². The van der Waals surface area contributed by atoms with Crippen molar-refractivity contribution in [3.8, 4) is 33.4 Å². The summed E-state index contributed by atoms with van der Waals surface area (Å²) in [5.41, 5.74) is 12.1. The van der Waals surface area contributed by atoms with E-state index >= 15 is 0 Å². The molecule has 0 unspecified atom stereocenters. The zero-order chi connectivity index (χ0) is 42.6. The highest BCUT2D eigenvalue weighted by molar-refractivity contribution is 6.24. The fourth-order valence-corrected chi connectivity index (χ4v) is 11.9. The minimum Gasteiger partial charge on any atom is -0.0622 e.